The number of likely N-dealkylation sites (tertiary alicyclic amines) is 1. The molecule has 17 heavy (non-hydrogen) atoms. The SMILES string of the molecule is CC1CCCCN1Cc1cc(C(=O)NN)co1. The number of furan rings is 1. The number of nitrogen functional groups attached to an aromatic ring is 1. The zero-order valence-corrected chi connectivity index (χ0v) is 10.1. The van der Waals surface area contributed by atoms with Crippen molar-refractivity contribution in [1.82, 2.24) is 10.3 Å². The standard InChI is InChI=1S/C12H19N3O2/c1-9-4-2-3-5-15(9)7-11-6-10(8-17-11)12(16)14-13/h6,8-9H,2-5,7,13H2,1H3,(H,14,16). The summed E-state index contributed by atoms with van der Waals surface area (Å²) < 4.78 is 5.38. The molecule has 1 atom stereocenters. The number of rotatable bonds is 3. The second kappa shape index (κ2) is 5.33. The molecule has 2 heterocycles. The Kier molecular flexibility index (Phi) is 3.81. The van der Waals surface area contributed by atoms with Crippen LogP contribution >= 0.6 is 0 Å². The van der Waals surface area contributed by atoms with Crippen molar-refractivity contribution in [3.63, 3.8) is 0 Å². The third-order valence-corrected chi connectivity index (χ3v) is 3.35. The lowest BCUT2D eigenvalue weighted by Crippen LogP contribution is -2.36. The number of nitrogens with two attached hydrogens (primary N) is 1. The van der Waals surface area contributed by atoms with Gasteiger partial charge in [-0.15, -0.1) is 0 Å². The van der Waals surface area contributed by atoms with Crippen molar-refractivity contribution < 1.29 is 9.21 Å². The molecule has 0 aromatic carbocycles. The first kappa shape index (κ1) is 12.1. The minimum atomic E-state index is -0.313. The van der Waals surface area contributed by atoms with Crippen LogP contribution in [0.5, 0.6) is 0 Å². The summed E-state index contributed by atoms with van der Waals surface area (Å²) in [6.45, 7) is 4.09. The van der Waals surface area contributed by atoms with E-state index in [4.69, 9.17) is 10.3 Å². The van der Waals surface area contributed by atoms with Crippen molar-refractivity contribution >= 4 is 5.91 Å². The Balaban J connectivity index is 1.98. The molecule has 0 saturated carbocycles. The molecule has 1 saturated heterocycles. The molecule has 2 rings (SSSR count). The molecule has 0 bridgehead atoms. The number of amides is 1. The van der Waals surface area contributed by atoms with Crippen LogP contribution in [-0.4, -0.2) is 23.4 Å². The highest BCUT2D eigenvalue weighted by Crippen LogP contribution is 2.20. The van der Waals surface area contributed by atoms with Gasteiger partial charge >= 0.3 is 0 Å². The molecular formula is C12H19N3O2. The number of hydrogen-bond donors (Lipinski definition) is 2. The minimum Gasteiger partial charge on any atom is -0.467 e. The second-order valence-electron chi connectivity index (χ2n) is 4.59. The van der Waals surface area contributed by atoms with E-state index in [0.717, 1.165) is 18.8 Å². The van der Waals surface area contributed by atoms with E-state index < -0.39 is 0 Å². The van der Waals surface area contributed by atoms with Gasteiger partial charge in [-0.2, -0.15) is 0 Å². The van der Waals surface area contributed by atoms with E-state index in [1.807, 2.05) is 0 Å². The number of hydrazine groups is 1. The molecule has 0 radical (unpaired) electrons. The molecule has 1 fully saturated rings. The Bertz CT molecular complexity index is 389. The number of piperidine rings is 1. The summed E-state index contributed by atoms with van der Waals surface area (Å²) in [5, 5.41) is 0. The molecule has 1 aromatic heterocycles. The topological polar surface area (TPSA) is 71.5 Å². The van der Waals surface area contributed by atoms with Gasteiger partial charge in [0.1, 0.15) is 12.0 Å². The maximum Gasteiger partial charge on any atom is 0.268 e. The number of nitrogens with one attached hydrogen (secondary N) is 1. The van der Waals surface area contributed by atoms with Crippen LogP contribution in [0.15, 0.2) is 16.7 Å². The highest BCUT2D eigenvalue weighted by molar-refractivity contribution is 5.93. The summed E-state index contributed by atoms with van der Waals surface area (Å²) in [5.41, 5.74) is 2.57. The van der Waals surface area contributed by atoms with Crippen molar-refractivity contribution in [2.75, 3.05) is 6.54 Å². The number of carbonyl (C=O) groups excluding carboxylic acids is 1. The Hall–Kier alpha value is -1.33. The Morgan fingerprint density at radius 3 is 3.18 bits per heavy atom. The van der Waals surface area contributed by atoms with E-state index in [1.165, 1.54) is 25.5 Å². The fourth-order valence-corrected chi connectivity index (χ4v) is 2.26. The molecule has 5 heteroatoms. The fourth-order valence-electron chi connectivity index (χ4n) is 2.26. The van der Waals surface area contributed by atoms with Gasteiger partial charge in [-0.25, -0.2) is 5.84 Å². The van der Waals surface area contributed by atoms with Crippen LogP contribution in [0.25, 0.3) is 0 Å². The molecule has 0 spiro atoms. The highest BCUT2D eigenvalue weighted by Gasteiger charge is 2.20. The third kappa shape index (κ3) is 2.87. The van der Waals surface area contributed by atoms with Gasteiger partial charge in [0.25, 0.3) is 5.91 Å². The van der Waals surface area contributed by atoms with E-state index in [0.29, 0.717) is 11.6 Å². The summed E-state index contributed by atoms with van der Waals surface area (Å²) in [6, 6.07) is 2.34. The smallest absolute Gasteiger partial charge is 0.268 e. The summed E-state index contributed by atoms with van der Waals surface area (Å²) in [7, 11) is 0. The Labute approximate surface area is 101 Å². The number of hydrogen-bond acceptors (Lipinski definition) is 4. The first-order valence-electron chi connectivity index (χ1n) is 6.03. The van der Waals surface area contributed by atoms with Gasteiger partial charge < -0.3 is 4.42 Å². The fraction of sp³-hybridized carbons (Fsp3) is 0.583. The van der Waals surface area contributed by atoms with Crippen molar-refractivity contribution in [3.8, 4) is 0 Å². The van der Waals surface area contributed by atoms with Crippen molar-refractivity contribution in [1.29, 1.82) is 0 Å². The maximum absolute atomic E-state index is 11.3. The van der Waals surface area contributed by atoms with Gasteiger partial charge in [0.15, 0.2) is 0 Å². The summed E-state index contributed by atoms with van der Waals surface area (Å²) >= 11 is 0. The van der Waals surface area contributed by atoms with Crippen LogP contribution < -0.4 is 11.3 Å². The van der Waals surface area contributed by atoms with Crippen LogP contribution in [0.3, 0.4) is 0 Å². The molecule has 1 unspecified atom stereocenters. The van der Waals surface area contributed by atoms with Gasteiger partial charge in [0.05, 0.1) is 12.1 Å². The average molecular weight is 237 g/mol. The average Bonchev–Trinajstić information content (AvgIpc) is 2.80. The Morgan fingerprint density at radius 2 is 2.47 bits per heavy atom. The van der Waals surface area contributed by atoms with Gasteiger partial charge in [0.2, 0.25) is 0 Å². The molecule has 1 aliphatic rings. The summed E-state index contributed by atoms with van der Waals surface area (Å²) in [4.78, 5) is 13.7. The van der Waals surface area contributed by atoms with Gasteiger partial charge in [-0.05, 0) is 32.4 Å². The first-order chi connectivity index (χ1) is 8.20. The lowest BCUT2D eigenvalue weighted by molar-refractivity contribution is 0.0953. The summed E-state index contributed by atoms with van der Waals surface area (Å²) in [6.07, 6.45) is 5.22. The van der Waals surface area contributed by atoms with Crippen LogP contribution in [0, 0.1) is 0 Å². The zero-order chi connectivity index (χ0) is 12.3. The lowest BCUT2D eigenvalue weighted by atomic mass is 10.0. The molecule has 1 aliphatic heterocycles. The van der Waals surface area contributed by atoms with Crippen molar-refractivity contribution in [2.24, 2.45) is 5.84 Å². The van der Waals surface area contributed by atoms with E-state index >= 15 is 0 Å². The molecule has 5 nitrogen and oxygen atoms in total. The summed E-state index contributed by atoms with van der Waals surface area (Å²) in [5.74, 6) is 5.57. The minimum absolute atomic E-state index is 0.313. The quantitative estimate of drug-likeness (QED) is 0.471. The van der Waals surface area contributed by atoms with Crippen LogP contribution in [0.1, 0.15) is 42.3 Å². The normalized spacial score (nSPS) is 21.4. The van der Waals surface area contributed by atoms with E-state index in [9.17, 15) is 4.79 Å². The molecular weight excluding hydrogens is 218 g/mol. The highest BCUT2D eigenvalue weighted by atomic mass is 16.3. The van der Waals surface area contributed by atoms with Crippen LogP contribution in [0.4, 0.5) is 0 Å². The van der Waals surface area contributed by atoms with E-state index in [2.05, 4.69) is 17.2 Å². The molecule has 1 aromatic rings. The van der Waals surface area contributed by atoms with Crippen molar-refractivity contribution in [3.05, 3.63) is 23.7 Å². The van der Waals surface area contributed by atoms with E-state index in [-0.39, 0.29) is 5.91 Å². The number of nitrogens with zero attached hydrogens (tertiary/aromatic N) is 1. The molecule has 94 valence electrons. The third-order valence-electron chi connectivity index (χ3n) is 3.35. The van der Waals surface area contributed by atoms with Gasteiger partial charge in [-0.1, -0.05) is 6.42 Å². The molecule has 1 amide bonds. The predicted molar refractivity (Wildman–Crippen MR) is 64.1 cm³/mol. The van der Waals surface area contributed by atoms with Crippen LogP contribution in [0.2, 0.25) is 0 Å². The largest absolute Gasteiger partial charge is 0.467 e. The van der Waals surface area contributed by atoms with Crippen molar-refractivity contribution in [2.45, 2.75) is 38.8 Å². The zero-order valence-electron chi connectivity index (χ0n) is 10.1. The molecule has 0 aliphatic carbocycles. The monoisotopic (exact) mass is 237 g/mol. The van der Waals surface area contributed by atoms with Crippen LogP contribution in [-0.2, 0) is 6.54 Å². The first-order valence-corrected chi connectivity index (χ1v) is 6.03. The molecule has 3 N–H and O–H groups in total. The maximum atomic E-state index is 11.3. The Morgan fingerprint density at radius 1 is 1.65 bits per heavy atom. The van der Waals surface area contributed by atoms with Gasteiger partial charge in [0, 0.05) is 6.04 Å². The van der Waals surface area contributed by atoms with E-state index in [1.54, 1.807) is 6.07 Å². The second-order valence-corrected chi connectivity index (χ2v) is 4.59. The van der Waals surface area contributed by atoms with Gasteiger partial charge in [-0.3, -0.25) is 15.1 Å². The predicted octanol–water partition coefficient (Wildman–Crippen LogP) is 1.26. The lowest BCUT2D eigenvalue weighted by Gasteiger charge is -2.32. The number of carbonyl (C=O) groups is 1.